The first kappa shape index (κ1) is 22.1. The molecule has 3 aromatic carbocycles. The van der Waals surface area contributed by atoms with Gasteiger partial charge in [-0.25, -0.2) is 0 Å². The van der Waals surface area contributed by atoms with E-state index in [9.17, 15) is 25.3 Å². The molecule has 160 valence electrons. The van der Waals surface area contributed by atoms with Crippen LogP contribution in [0.5, 0.6) is 11.5 Å². The van der Waals surface area contributed by atoms with E-state index >= 15 is 0 Å². The largest absolute Gasteiger partial charge is 0.545 e. The molecule has 3 aromatic rings. The lowest BCUT2D eigenvalue weighted by molar-refractivity contribution is -0.385. The van der Waals surface area contributed by atoms with Crippen LogP contribution in [0.3, 0.4) is 0 Å². The topological polar surface area (TPSA) is 126 Å². The summed E-state index contributed by atoms with van der Waals surface area (Å²) in [6.07, 6.45) is 1.34. The second-order valence-electron chi connectivity index (χ2n) is 6.63. The first-order valence-corrected chi connectivity index (χ1v) is 9.39. The number of nitro groups is 1. The Kier molecular flexibility index (Phi) is 6.83. The Labute approximate surface area is 183 Å². The zero-order valence-electron chi connectivity index (χ0n) is 17.0. The monoisotopic (exact) mass is 429 g/mol. The first-order valence-electron chi connectivity index (χ1n) is 9.39. The second kappa shape index (κ2) is 9.91. The standard InChI is InChI=1S/C24H18N2O6/c1-31-22-12-19(11-20(14-25)17-7-9-18(10-8-17)24(27)28)21(26(29)30)13-23(22)32-15-16-5-3-2-4-6-16/h2-13H,15H2,1H3,(H,27,28)/p-1/b20-11-. The summed E-state index contributed by atoms with van der Waals surface area (Å²) in [5.74, 6) is -0.884. The molecule has 0 heterocycles. The summed E-state index contributed by atoms with van der Waals surface area (Å²) in [4.78, 5) is 22.0. The number of hydrogen-bond donors (Lipinski definition) is 0. The van der Waals surface area contributed by atoms with Crippen LogP contribution in [0.4, 0.5) is 5.69 Å². The molecule has 0 aliphatic rings. The second-order valence-corrected chi connectivity index (χ2v) is 6.63. The highest BCUT2D eigenvalue weighted by Gasteiger charge is 2.20. The molecule has 0 fully saturated rings. The summed E-state index contributed by atoms with van der Waals surface area (Å²) in [5, 5.41) is 32.2. The van der Waals surface area contributed by atoms with Gasteiger partial charge in [0.25, 0.3) is 5.69 Å². The fourth-order valence-corrected chi connectivity index (χ4v) is 2.97. The molecule has 0 saturated heterocycles. The Balaban J connectivity index is 2.00. The van der Waals surface area contributed by atoms with Gasteiger partial charge in [0.1, 0.15) is 6.61 Å². The van der Waals surface area contributed by atoms with Crippen LogP contribution in [-0.2, 0) is 6.61 Å². The Bertz CT molecular complexity index is 1210. The maximum Gasteiger partial charge on any atom is 0.280 e. The number of methoxy groups -OCH3 is 1. The molecule has 0 N–H and O–H groups in total. The summed E-state index contributed by atoms with van der Waals surface area (Å²) in [7, 11) is 1.41. The van der Waals surface area contributed by atoms with E-state index in [2.05, 4.69) is 0 Å². The van der Waals surface area contributed by atoms with Crippen molar-refractivity contribution in [3.8, 4) is 17.6 Å². The molecule has 0 spiro atoms. The molecule has 3 rings (SSSR count). The number of hydrogen-bond acceptors (Lipinski definition) is 7. The zero-order valence-corrected chi connectivity index (χ0v) is 17.0. The zero-order chi connectivity index (χ0) is 23.1. The van der Waals surface area contributed by atoms with Crippen LogP contribution in [0, 0.1) is 21.4 Å². The highest BCUT2D eigenvalue weighted by Crippen LogP contribution is 2.37. The predicted octanol–water partition coefficient (Wildman–Crippen LogP) is 3.61. The SMILES string of the molecule is COc1cc(/C=C(/C#N)c2ccc(C(=O)[O-])cc2)c([N+](=O)[O-])cc1OCc1ccccc1. The van der Waals surface area contributed by atoms with E-state index in [-0.39, 0.29) is 40.5 Å². The Hall–Kier alpha value is -4.64. The van der Waals surface area contributed by atoms with Crippen LogP contribution >= 0.6 is 0 Å². The number of nitro benzene ring substituents is 1. The van der Waals surface area contributed by atoms with E-state index in [0.717, 1.165) is 5.56 Å². The van der Waals surface area contributed by atoms with Crippen molar-refractivity contribution < 1.29 is 24.3 Å². The van der Waals surface area contributed by atoms with Crippen LogP contribution in [0.15, 0.2) is 66.7 Å². The van der Waals surface area contributed by atoms with E-state index in [1.807, 2.05) is 36.4 Å². The van der Waals surface area contributed by atoms with Crippen molar-refractivity contribution in [2.24, 2.45) is 0 Å². The highest BCUT2D eigenvalue weighted by molar-refractivity contribution is 5.93. The van der Waals surface area contributed by atoms with Gasteiger partial charge in [0.05, 0.1) is 41.3 Å². The van der Waals surface area contributed by atoms with Gasteiger partial charge >= 0.3 is 0 Å². The molecule has 0 unspecified atom stereocenters. The number of nitriles is 1. The van der Waals surface area contributed by atoms with E-state index in [4.69, 9.17) is 9.47 Å². The van der Waals surface area contributed by atoms with Crippen LogP contribution < -0.4 is 14.6 Å². The Morgan fingerprint density at radius 2 is 1.72 bits per heavy atom. The fraction of sp³-hybridized carbons (Fsp3) is 0.0833. The average molecular weight is 429 g/mol. The molecule has 8 nitrogen and oxygen atoms in total. The summed E-state index contributed by atoms with van der Waals surface area (Å²) >= 11 is 0. The molecule has 0 saturated carbocycles. The number of nitrogens with zero attached hydrogens (tertiary/aromatic N) is 2. The Morgan fingerprint density at radius 3 is 2.28 bits per heavy atom. The number of ether oxygens (including phenoxy) is 2. The lowest BCUT2D eigenvalue weighted by Gasteiger charge is -2.12. The summed E-state index contributed by atoms with van der Waals surface area (Å²) in [6, 6.07) is 19.4. The van der Waals surface area contributed by atoms with Gasteiger partial charge in [-0.2, -0.15) is 5.26 Å². The molecule has 0 atom stereocenters. The summed E-state index contributed by atoms with van der Waals surface area (Å²) < 4.78 is 11.1. The third-order valence-electron chi connectivity index (χ3n) is 4.60. The van der Waals surface area contributed by atoms with E-state index in [1.54, 1.807) is 0 Å². The van der Waals surface area contributed by atoms with E-state index < -0.39 is 10.9 Å². The van der Waals surface area contributed by atoms with Gasteiger partial charge in [-0.1, -0.05) is 54.6 Å². The molecule has 32 heavy (non-hydrogen) atoms. The quantitative estimate of drug-likeness (QED) is 0.232. The number of allylic oxidation sites excluding steroid dienone is 1. The predicted molar refractivity (Wildman–Crippen MR) is 115 cm³/mol. The Morgan fingerprint density at radius 1 is 1.06 bits per heavy atom. The smallest absolute Gasteiger partial charge is 0.280 e. The van der Waals surface area contributed by atoms with Crippen molar-refractivity contribution in [1.29, 1.82) is 5.26 Å². The number of benzene rings is 3. The van der Waals surface area contributed by atoms with Crippen LogP contribution in [0.1, 0.15) is 27.0 Å². The highest BCUT2D eigenvalue weighted by atomic mass is 16.6. The van der Waals surface area contributed by atoms with Gasteiger partial charge in [-0.3, -0.25) is 10.1 Å². The van der Waals surface area contributed by atoms with Gasteiger partial charge in [-0.15, -0.1) is 0 Å². The summed E-state index contributed by atoms with van der Waals surface area (Å²) in [6.45, 7) is 0.192. The van der Waals surface area contributed by atoms with E-state index in [0.29, 0.717) is 5.56 Å². The number of carbonyl (C=O) groups is 1. The molecule has 0 bridgehead atoms. The van der Waals surface area contributed by atoms with Crippen LogP contribution in [-0.4, -0.2) is 18.0 Å². The molecule has 0 aromatic heterocycles. The van der Waals surface area contributed by atoms with Gasteiger partial charge in [0.2, 0.25) is 0 Å². The molecular formula is C24H17N2O6-. The lowest BCUT2D eigenvalue weighted by atomic mass is 10.0. The van der Waals surface area contributed by atoms with Crippen molar-refractivity contribution >= 4 is 23.3 Å². The third kappa shape index (κ3) is 5.09. The minimum absolute atomic E-state index is 0.0430. The molecule has 0 amide bonds. The number of carbonyl (C=O) groups excluding carboxylic acids is 1. The van der Waals surface area contributed by atoms with Crippen molar-refractivity contribution in [3.63, 3.8) is 0 Å². The van der Waals surface area contributed by atoms with Gasteiger partial charge in [-0.05, 0) is 28.8 Å². The normalized spacial score (nSPS) is 10.8. The number of aromatic carboxylic acids is 1. The first-order chi connectivity index (χ1) is 15.4. The van der Waals surface area contributed by atoms with Crippen LogP contribution in [0.2, 0.25) is 0 Å². The number of carboxylic acid groups (broad SMARTS) is 1. The van der Waals surface area contributed by atoms with Crippen molar-refractivity contribution in [1.82, 2.24) is 0 Å². The molecule has 0 radical (unpaired) electrons. The number of carboxylic acids is 1. The average Bonchev–Trinajstić information content (AvgIpc) is 2.81. The van der Waals surface area contributed by atoms with Gasteiger partial charge in [0.15, 0.2) is 11.5 Å². The lowest BCUT2D eigenvalue weighted by Crippen LogP contribution is -2.21. The maximum atomic E-state index is 11.7. The minimum atomic E-state index is -1.34. The maximum absolute atomic E-state index is 11.7. The minimum Gasteiger partial charge on any atom is -0.545 e. The molecular weight excluding hydrogens is 412 g/mol. The van der Waals surface area contributed by atoms with Crippen molar-refractivity contribution in [2.75, 3.05) is 7.11 Å². The van der Waals surface area contributed by atoms with E-state index in [1.165, 1.54) is 49.6 Å². The molecule has 0 aliphatic heterocycles. The van der Waals surface area contributed by atoms with Crippen molar-refractivity contribution in [3.05, 3.63) is 99.1 Å². The summed E-state index contributed by atoms with van der Waals surface area (Å²) in [5.41, 5.74) is 1.21. The number of rotatable bonds is 8. The third-order valence-corrected chi connectivity index (χ3v) is 4.60. The van der Waals surface area contributed by atoms with Crippen molar-refractivity contribution in [2.45, 2.75) is 6.61 Å². The molecule has 0 aliphatic carbocycles. The van der Waals surface area contributed by atoms with Gasteiger partial charge in [0, 0.05) is 0 Å². The fourth-order valence-electron chi connectivity index (χ4n) is 2.97. The van der Waals surface area contributed by atoms with Crippen LogP contribution in [0.25, 0.3) is 11.6 Å². The molecule has 8 heteroatoms. The van der Waals surface area contributed by atoms with Gasteiger partial charge < -0.3 is 19.4 Å².